The molecule has 0 fully saturated rings. The van der Waals surface area contributed by atoms with Crippen LogP contribution in [-0.2, 0) is 4.79 Å². The number of carbonyl (C=O) groups excluding carboxylic acids is 1. The zero-order chi connectivity index (χ0) is 19.1. The van der Waals surface area contributed by atoms with E-state index in [1.165, 1.54) is 6.21 Å². The summed E-state index contributed by atoms with van der Waals surface area (Å²) in [5, 5.41) is 13.5. The Labute approximate surface area is 158 Å². The minimum atomic E-state index is -0.431. The van der Waals surface area contributed by atoms with Gasteiger partial charge in [0.1, 0.15) is 11.3 Å². The molecule has 0 aliphatic carbocycles. The van der Waals surface area contributed by atoms with Crippen molar-refractivity contribution in [2.45, 2.75) is 6.92 Å². The molecule has 0 aliphatic heterocycles. The summed E-state index contributed by atoms with van der Waals surface area (Å²) in [5.41, 5.74) is 3.08. The van der Waals surface area contributed by atoms with Gasteiger partial charge in [-0.05, 0) is 31.2 Å². The second kappa shape index (κ2) is 8.63. The minimum Gasteiger partial charge on any atom is -0.506 e. The average molecular weight is 356 g/mol. The molecule has 0 aliphatic rings. The molecule has 0 saturated heterocycles. The fraction of sp³-hybridized carbons (Fsp3) is 0.0435. The van der Waals surface area contributed by atoms with Gasteiger partial charge in [0.25, 0.3) is 5.91 Å². The summed E-state index contributed by atoms with van der Waals surface area (Å²) in [5.74, 6) is -0.556. The van der Waals surface area contributed by atoms with Crippen LogP contribution in [0.15, 0.2) is 95.5 Å². The van der Waals surface area contributed by atoms with Crippen molar-refractivity contribution in [1.29, 1.82) is 0 Å². The molecule has 0 unspecified atom stereocenters. The van der Waals surface area contributed by atoms with Crippen LogP contribution in [0.4, 0.5) is 11.4 Å². The number of hydrogen-bond donors (Lipinski definition) is 2. The van der Waals surface area contributed by atoms with Crippen molar-refractivity contribution in [3.8, 4) is 0 Å². The van der Waals surface area contributed by atoms with Crippen LogP contribution in [0, 0.1) is 6.92 Å². The van der Waals surface area contributed by atoms with Gasteiger partial charge in [-0.1, -0.05) is 66.2 Å². The van der Waals surface area contributed by atoms with Crippen molar-refractivity contribution in [2.24, 2.45) is 4.99 Å². The summed E-state index contributed by atoms with van der Waals surface area (Å²) in [6.07, 6.45) is 1.39. The number of para-hydroxylation sites is 1. The number of amides is 1. The van der Waals surface area contributed by atoms with Gasteiger partial charge in [0, 0.05) is 17.5 Å². The van der Waals surface area contributed by atoms with Crippen molar-refractivity contribution in [3.63, 3.8) is 0 Å². The number of hydrogen-bond acceptors (Lipinski definition) is 3. The van der Waals surface area contributed by atoms with E-state index in [0.717, 1.165) is 5.56 Å². The molecular formula is C23H20N2O2. The standard InChI is InChI=1S/C23H20N2O2/c1-17-12-14-20(15-13-17)25-23(27)21(16-24-19-10-6-3-7-11-19)22(26)18-8-4-2-5-9-18/h2-16,26H,1H3,(H,25,27). The van der Waals surface area contributed by atoms with Gasteiger partial charge < -0.3 is 10.4 Å². The number of anilines is 1. The Morgan fingerprint density at radius 2 is 1.48 bits per heavy atom. The predicted octanol–water partition coefficient (Wildman–Crippen LogP) is 5.31. The van der Waals surface area contributed by atoms with Crippen molar-refractivity contribution >= 4 is 29.3 Å². The molecule has 0 heterocycles. The van der Waals surface area contributed by atoms with E-state index >= 15 is 0 Å². The highest BCUT2D eigenvalue weighted by molar-refractivity contribution is 6.22. The van der Waals surface area contributed by atoms with Crippen LogP contribution in [0.5, 0.6) is 0 Å². The van der Waals surface area contributed by atoms with E-state index in [-0.39, 0.29) is 11.3 Å². The molecule has 4 heteroatoms. The van der Waals surface area contributed by atoms with E-state index < -0.39 is 5.91 Å². The van der Waals surface area contributed by atoms with E-state index in [9.17, 15) is 9.90 Å². The van der Waals surface area contributed by atoms with Crippen LogP contribution in [-0.4, -0.2) is 17.2 Å². The van der Waals surface area contributed by atoms with Gasteiger partial charge >= 0.3 is 0 Å². The van der Waals surface area contributed by atoms with Gasteiger partial charge in [-0.25, -0.2) is 0 Å². The number of carbonyl (C=O) groups is 1. The van der Waals surface area contributed by atoms with Crippen molar-refractivity contribution in [2.75, 3.05) is 5.32 Å². The molecule has 0 radical (unpaired) electrons. The average Bonchev–Trinajstić information content (AvgIpc) is 2.71. The third-order valence-corrected chi connectivity index (χ3v) is 3.96. The maximum Gasteiger partial charge on any atom is 0.261 e. The number of nitrogens with one attached hydrogen (secondary N) is 1. The molecule has 4 nitrogen and oxygen atoms in total. The second-order valence-corrected chi connectivity index (χ2v) is 6.04. The Bertz CT molecular complexity index is 960. The van der Waals surface area contributed by atoms with E-state index in [1.807, 2.05) is 67.6 Å². The van der Waals surface area contributed by atoms with E-state index in [1.54, 1.807) is 24.3 Å². The first-order valence-electron chi connectivity index (χ1n) is 8.59. The number of nitrogens with zero attached hydrogens (tertiary/aromatic N) is 1. The zero-order valence-electron chi connectivity index (χ0n) is 15.0. The Hall–Kier alpha value is -3.66. The van der Waals surface area contributed by atoms with Gasteiger partial charge in [-0.3, -0.25) is 9.79 Å². The second-order valence-electron chi connectivity index (χ2n) is 6.04. The maximum atomic E-state index is 12.8. The molecule has 0 aromatic heterocycles. The molecule has 27 heavy (non-hydrogen) atoms. The summed E-state index contributed by atoms with van der Waals surface area (Å²) in [7, 11) is 0. The number of aliphatic hydroxyl groups is 1. The third-order valence-electron chi connectivity index (χ3n) is 3.96. The highest BCUT2D eigenvalue weighted by Gasteiger charge is 2.15. The van der Waals surface area contributed by atoms with E-state index in [4.69, 9.17) is 0 Å². The summed E-state index contributed by atoms with van der Waals surface area (Å²) in [6.45, 7) is 1.98. The van der Waals surface area contributed by atoms with Crippen LogP contribution >= 0.6 is 0 Å². The Morgan fingerprint density at radius 1 is 0.889 bits per heavy atom. The Kier molecular flexibility index (Phi) is 5.80. The fourth-order valence-corrected chi connectivity index (χ4v) is 2.47. The minimum absolute atomic E-state index is 0.0885. The van der Waals surface area contributed by atoms with Crippen LogP contribution in [0.3, 0.4) is 0 Å². The first-order valence-corrected chi connectivity index (χ1v) is 8.59. The quantitative estimate of drug-likeness (QED) is 0.370. The molecule has 134 valence electrons. The highest BCUT2D eigenvalue weighted by atomic mass is 16.3. The van der Waals surface area contributed by atoms with Crippen molar-refractivity contribution in [1.82, 2.24) is 0 Å². The molecule has 0 bridgehead atoms. The number of aliphatic hydroxyl groups excluding tert-OH is 1. The first kappa shape index (κ1) is 18.1. The molecule has 0 saturated carbocycles. The molecule has 3 aromatic carbocycles. The molecule has 0 atom stereocenters. The van der Waals surface area contributed by atoms with E-state index in [0.29, 0.717) is 16.9 Å². The Morgan fingerprint density at radius 3 is 2.11 bits per heavy atom. The molecule has 3 rings (SSSR count). The number of rotatable bonds is 5. The number of aryl methyl sites for hydroxylation is 1. The fourth-order valence-electron chi connectivity index (χ4n) is 2.47. The first-order chi connectivity index (χ1) is 13.1. The summed E-state index contributed by atoms with van der Waals surface area (Å²) < 4.78 is 0. The van der Waals surface area contributed by atoms with Gasteiger partial charge in [-0.2, -0.15) is 0 Å². The summed E-state index contributed by atoms with van der Waals surface area (Å²) >= 11 is 0. The van der Waals surface area contributed by atoms with Gasteiger partial charge in [0.2, 0.25) is 0 Å². The Balaban J connectivity index is 1.95. The van der Waals surface area contributed by atoms with Crippen molar-refractivity contribution in [3.05, 3.63) is 102 Å². The molecule has 1 amide bonds. The lowest BCUT2D eigenvalue weighted by Crippen LogP contribution is -2.17. The van der Waals surface area contributed by atoms with Crippen LogP contribution in [0.25, 0.3) is 5.76 Å². The van der Waals surface area contributed by atoms with Crippen LogP contribution in [0.1, 0.15) is 11.1 Å². The lowest BCUT2D eigenvalue weighted by molar-refractivity contribution is -0.112. The number of aliphatic imine (C=N–C) groups is 1. The van der Waals surface area contributed by atoms with Gasteiger partial charge in [-0.15, -0.1) is 0 Å². The van der Waals surface area contributed by atoms with Crippen molar-refractivity contribution < 1.29 is 9.90 Å². The van der Waals surface area contributed by atoms with Crippen LogP contribution < -0.4 is 5.32 Å². The predicted molar refractivity (Wildman–Crippen MR) is 110 cm³/mol. The monoisotopic (exact) mass is 356 g/mol. The molecule has 2 N–H and O–H groups in total. The van der Waals surface area contributed by atoms with E-state index in [2.05, 4.69) is 10.3 Å². The highest BCUT2D eigenvalue weighted by Crippen LogP contribution is 2.19. The lowest BCUT2D eigenvalue weighted by Gasteiger charge is -2.09. The van der Waals surface area contributed by atoms with Gasteiger partial charge in [0.05, 0.1) is 5.69 Å². The zero-order valence-corrected chi connectivity index (χ0v) is 15.0. The van der Waals surface area contributed by atoms with Gasteiger partial charge in [0.15, 0.2) is 0 Å². The smallest absolute Gasteiger partial charge is 0.261 e. The maximum absolute atomic E-state index is 12.8. The summed E-state index contributed by atoms with van der Waals surface area (Å²) in [6, 6.07) is 25.7. The normalized spacial score (nSPS) is 11.9. The third kappa shape index (κ3) is 4.92. The molecular weight excluding hydrogens is 336 g/mol. The molecule has 0 spiro atoms. The summed E-state index contributed by atoms with van der Waals surface area (Å²) in [4.78, 5) is 17.1. The largest absolute Gasteiger partial charge is 0.506 e. The topological polar surface area (TPSA) is 61.7 Å². The molecule has 3 aromatic rings. The number of benzene rings is 3. The van der Waals surface area contributed by atoms with Crippen LogP contribution in [0.2, 0.25) is 0 Å². The SMILES string of the molecule is Cc1ccc(NC(=O)C(C=Nc2ccccc2)=C(O)c2ccccc2)cc1. The lowest BCUT2D eigenvalue weighted by atomic mass is 10.1.